The molecule has 0 radical (unpaired) electrons. The highest BCUT2D eigenvalue weighted by Crippen LogP contribution is 2.58. The van der Waals surface area contributed by atoms with E-state index in [2.05, 4.69) is 6.92 Å². The molecule has 3 saturated heterocycles. The van der Waals surface area contributed by atoms with Crippen molar-refractivity contribution in [2.24, 2.45) is 5.41 Å². The van der Waals surface area contributed by atoms with Crippen molar-refractivity contribution in [2.45, 2.75) is 62.8 Å². The third-order valence-electron chi connectivity index (χ3n) is 4.83. The summed E-state index contributed by atoms with van der Waals surface area (Å²) in [7, 11) is 0. The van der Waals surface area contributed by atoms with Gasteiger partial charge in [0.15, 0.2) is 0 Å². The van der Waals surface area contributed by atoms with Gasteiger partial charge in [-0.25, -0.2) is 0 Å². The van der Waals surface area contributed by atoms with Crippen molar-refractivity contribution in [3.63, 3.8) is 0 Å². The van der Waals surface area contributed by atoms with Crippen LogP contribution in [0.5, 0.6) is 0 Å². The van der Waals surface area contributed by atoms with Crippen LogP contribution >= 0.6 is 0 Å². The minimum Gasteiger partial charge on any atom is -0.396 e. The molecular weight excluding hydrogens is 264 g/mol. The van der Waals surface area contributed by atoms with Crippen LogP contribution in [0.3, 0.4) is 0 Å². The second kappa shape index (κ2) is 5.51. The Morgan fingerprint density at radius 3 is 1.25 bits per heavy atom. The Balaban J connectivity index is 1.66. The maximum Gasteiger partial charge on any atom is 0.0947 e. The van der Waals surface area contributed by atoms with Crippen LogP contribution in [0, 0.1) is 5.41 Å². The molecule has 20 heavy (non-hydrogen) atoms. The van der Waals surface area contributed by atoms with E-state index in [1.807, 2.05) is 0 Å². The fraction of sp³-hybridized carbons (Fsp3) is 1.00. The number of hydrogen-bond acceptors (Lipinski definition) is 6. The van der Waals surface area contributed by atoms with Crippen molar-refractivity contribution in [3.05, 3.63) is 0 Å². The van der Waals surface area contributed by atoms with Gasteiger partial charge in [-0.2, -0.15) is 0 Å². The maximum absolute atomic E-state index is 9.03. The lowest BCUT2D eigenvalue weighted by molar-refractivity contribution is 0.117. The quantitative estimate of drug-likeness (QED) is 0.492. The van der Waals surface area contributed by atoms with E-state index in [0.717, 1.165) is 0 Å². The zero-order valence-electron chi connectivity index (χ0n) is 11.8. The molecular formula is C14H24O6. The molecule has 0 aliphatic carbocycles. The molecule has 0 saturated carbocycles. The molecule has 0 aromatic rings. The van der Waals surface area contributed by atoms with Crippen LogP contribution in [0.25, 0.3) is 0 Å². The van der Waals surface area contributed by atoms with E-state index >= 15 is 0 Å². The van der Waals surface area contributed by atoms with Gasteiger partial charge >= 0.3 is 0 Å². The summed E-state index contributed by atoms with van der Waals surface area (Å²) in [6, 6.07) is 0. The first-order valence-electron chi connectivity index (χ1n) is 7.45. The van der Waals surface area contributed by atoms with E-state index in [-0.39, 0.29) is 61.9 Å². The minimum absolute atomic E-state index is 0.0389. The second-order valence-electron chi connectivity index (χ2n) is 6.19. The zero-order chi connectivity index (χ0) is 14.3. The van der Waals surface area contributed by atoms with Gasteiger partial charge < -0.3 is 29.5 Å². The van der Waals surface area contributed by atoms with Crippen LogP contribution in [0.15, 0.2) is 0 Å². The van der Waals surface area contributed by atoms with Gasteiger partial charge in [0.25, 0.3) is 0 Å². The number of epoxide rings is 3. The Morgan fingerprint density at radius 2 is 1.00 bits per heavy atom. The summed E-state index contributed by atoms with van der Waals surface area (Å²) in [5, 5.41) is 27.1. The van der Waals surface area contributed by atoms with Crippen LogP contribution in [-0.4, -0.2) is 71.8 Å². The number of ether oxygens (including phenoxy) is 3. The molecule has 3 N–H and O–H groups in total. The molecule has 6 atom stereocenters. The molecule has 0 aromatic heterocycles. The standard InChI is InChI=1S/C14H24O6/c1-14(11-8(18-11)2-5-15,12-9(19-12)3-6-16)13-10(20-13)4-7-17/h8-13,15-17H,2-7H2,1H3. The summed E-state index contributed by atoms with van der Waals surface area (Å²) in [4.78, 5) is 0. The van der Waals surface area contributed by atoms with Crippen LogP contribution in [-0.2, 0) is 14.2 Å². The van der Waals surface area contributed by atoms with Gasteiger partial charge in [-0.05, 0) is 19.3 Å². The molecule has 6 heteroatoms. The summed E-state index contributed by atoms with van der Waals surface area (Å²) in [6.45, 7) is 2.47. The first kappa shape index (κ1) is 14.7. The normalized spacial score (nSPS) is 45.0. The molecule has 0 bridgehead atoms. The van der Waals surface area contributed by atoms with Crippen molar-refractivity contribution in [3.8, 4) is 0 Å². The van der Waals surface area contributed by atoms with Gasteiger partial charge in [-0.15, -0.1) is 0 Å². The topological polar surface area (TPSA) is 98.3 Å². The van der Waals surface area contributed by atoms with E-state index in [4.69, 9.17) is 29.5 Å². The van der Waals surface area contributed by atoms with E-state index in [9.17, 15) is 0 Å². The SMILES string of the molecule is CC(C1OC1CCO)(C1OC1CCO)C1OC1CCO. The molecule has 116 valence electrons. The smallest absolute Gasteiger partial charge is 0.0947 e. The monoisotopic (exact) mass is 288 g/mol. The summed E-state index contributed by atoms with van der Waals surface area (Å²) < 4.78 is 17.2. The molecule has 6 nitrogen and oxygen atoms in total. The lowest BCUT2D eigenvalue weighted by Gasteiger charge is -2.24. The van der Waals surface area contributed by atoms with Gasteiger partial charge in [0.1, 0.15) is 0 Å². The molecule has 0 spiro atoms. The van der Waals surface area contributed by atoms with Crippen LogP contribution in [0.4, 0.5) is 0 Å². The molecule has 6 unspecified atom stereocenters. The van der Waals surface area contributed by atoms with Crippen molar-refractivity contribution in [1.29, 1.82) is 0 Å². The average molecular weight is 288 g/mol. The third kappa shape index (κ3) is 2.49. The number of aliphatic hydroxyl groups is 3. The first-order chi connectivity index (χ1) is 9.66. The zero-order valence-corrected chi connectivity index (χ0v) is 11.8. The molecule has 3 fully saturated rings. The molecule has 3 aliphatic rings. The third-order valence-corrected chi connectivity index (χ3v) is 4.83. The predicted molar refractivity (Wildman–Crippen MR) is 69.2 cm³/mol. The van der Waals surface area contributed by atoms with Crippen molar-refractivity contribution >= 4 is 0 Å². The van der Waals surface area contributed by atoms with Gasteiger partial charge in [-0.3, -0.25) is 0 Å². The summed E-state index contributed by atoms with van der Waals surface area (Å²) in [5.74, 6) is 0. The van der Waals surface area contributed by atoms with Gasteiger partial charge in [0, 0.05) is 19.8 Å². The minimum atomic E-state index is -0.250. The number of aliphatic hydroxyl groups excluding tert-OH is 3. The molecule has 0 amide bonds. The fourth-order valence-electron chi connectivity index (χ4n) is 3.60. The van der Waals surface area contributed by atoms with Crippen molar-refractivity contribution in [1.82, 2.24) is 0 Å². The highest BCUT2D eigenvalue weighted by atomic mass is 16.6. The molecule has 3 heterocycles. The molecule has 0 aromatic carbocycles. The predicted octanol–water partition coefficient (Wildman–Crippen LogP) is -0.558. The Labute approximate surface area is 118 Å². The Bertz CT molecular complexity index is 298. The van der Waals surface area contributed by atoms with Gasteiger partial charge in [-0.1, -0.05) is 6.92 Å². The molecule has 3 rings (SSSR count). The lowest BCUT2D eigenvalue weighted by atomic mass is 9.75. The number of rotatable bonds is 9. The van der Waals surface area contributed by atoms with E-state index in [0.29, 0.717) is 19.3 Å². The van der Waals surface area contributed by atoms with Crippen molar-refractivity contribution < 1.29 is 29.5 Å². The van der Waals surface area contributed by atoms with Crippen molar-refractivity contribution in [2.75, 3.05) is 19.8 Å². The summed E-state index contributed by atoms with van der Waals surface area (Å²) in [5.41, 5.74) is -0.250. The summed E-state index contributed by atoms with van der Waals surface area (Å²) >= 11 is 0. The van der Waals surface area contributed by atoms with Gasteiger partial charge in [0.05, 0.1) is 42.0 Å². The van der Waals surface area contributed by atoms with E-state index in [1.165, 1.54) is 0 Å². The second-order valence-corrected chi connectivity index (χ2v) is 6.19. The van der Waals surface area contributed by atoms with Crippen LogP contribution < -0.4 is 0 Å². The fourth-order valence-corrected chi connectivity index (χ4v) is 3.60. The highest BCUT2D eigenvalue weighted by molar-refractivity contribution is 5.17. The molecule has 3 aliphatic heterocycles. The average Bonchev–Trinajstić information content (AvgIpc) is 3.26. The van der Waals surface area contributed by atoms with Crippen LogP contribution in [0.1, 0.15) is 26.2 Å². The van der Waals surface area contributed by atoms with Crippen LogP contribution in [0.2, 0.25) is 0 Å². The largest absolute Gasteiger partial charge is 0.396 e. The first-order valence-corrected chi connectivity index (χ1v) is 7.45. The van der Waals surface area contributed by atoms with E-state index < -0.39 is 0 Å². The summed E-state index contributed by atoms with van der Waals surface area (Å²) in [6.07, 6.45) is 2.24. The van der Waals surface area contributed by atoms with Gasteiger partial charge in [0.2, 0.25) is 0 Å². The maximum atomic E-state index is 9.03. The Morgan fingerprint density at radius 1 is 0.700 bits per heavy atom. The Hall–Kier alpha value is -0.240. The lowest BCUT2D eigenvalue weighted by Crippen LogP contribution is -2.39. The van der Waals surface area contributed by atoms with E-state index in [1.54, 1.807) is 0 Å². The highest BCUT2D eigenvalue weighted by Gasteiger charge is 2.70. The Kier molecular flexibility index (Phi) is 4.05. The number of hydrogen-bond donors (Lipinski definition) is 3.